The normalized spacial score (nSPS) is 11.4. The minimum Gasteiger partial charge on any atom is -0.506 e. The fourth-order valence-electron chi connectivity index (χ4n) is 2.40. The first-order valence-electron chi connectivity index (χ1n) is 6.75. The van der Waals surface area contributed by atoms with Gasteiger partial charge >= 0.3 is 0 Å². The van der Waals surface area contributed by atoms with Crippen molar-refractivity contribution in [3.8, 4) is 5.75 Å². The van der Waals surface area contributed by atoms with Crippen molar-refractivity contribution in [2.45, 2.75) is 6.92 Å². The predicted octanol–water partition coefficient (Wildman–Crippen LogP) is 2.64. The van der Waals surface area contributed by atoms with Gasteiger partial charge < -0.3 is 25.7 Å². The molecule has 10 heteroatoms. The number of anilines is 2. The summed E-state index contributed by atoms with van der Waals surface area (Å²) in [5.74, 6) is 0.351. The molecule has 0 bridgehead atoms. The number of amides is 1. The monoisotopic (exact) mass is 362 g/mol. The molecule has 0 unspecified atom stereocenters. The van der Waals surface area contributed by atoms with Crippen molar-refractivity contribution in [3.05, 3.63) is 33.1 Å². The molecule has 0 radical (unpaired) electrons. The number of nitrogens with zero attached hydrogens (tertiary/aromatic N) is 1. The Morgan fingerprint density at radius 1 is 1.42 bits per heavy atom. The van der Waals surface area contributed by atoms with E-state index in [9.17, 15) is 14.7 Å². The Morgan fingerprint density at radius 2 is 2.21 bits per heavy atom. The van der Waals surface area contributed by atoms with Gasteiger partial charge in [0.05, 0.1) is 25.3 Å². The number of fused-ring (bicyclic) bond motifs is 3. The summed E-state index contributed by atoms with van der Waals surface area (Å²) in [5, 5.41) is 16.8. The van der Waals surface area contributed by atoms with Gasteiger partial charge in [-0.15, -0.1) is 22.7 Å². The number of carbonyl (C=O) groups is 1. The van der Waals surface area contributed by atoms with E-state index in [4.69, 9.17) is 10.3 Å². The van der Waals surface area contributed by atoms with Crippen LogP contribution >= 0.6 is 22.7 Å². The summed E-state index contributed by atoms with van der Waals surface area (Å²) in [4.78, 5) is 27.0. The van der Waals surface area contributed by atoms with Gasteiger partial charge in [0.1, 0.15) is 16.4 Å². The van der Waals surface area contributed by atoms with Crippen LogP contribution in [0.2, 0.25) is 0 Å². The van der Waals surface area contributed by atoms with Crippen LogP contribution in [0.25, 0.3) is 19.6 Å². The first kappa shape index (κ1) is 14.7. The number of aromatic amines is 1. The largest absolute Gasteiger partial charge is 0.506 e. The van der Waals surface area contributed by atoms with Crippen molar-refractivity contribution < 1.29 is 14.4 Å². The van der Waals surface area contributed by atoms with Crippen LogP contribution in [-0.2, 0) is 0 Å². The Kier molecular flexibility index (Phi) is 3.11. The molecule has 122 valence electrons. The minimum atomic E-state index is -0.436. The Labute approximate surface area is 141 Å². The van der Waals surface area contributed by atoms with E-state index >= 15 is 0 Å². The number of pyridine rings is 1. The van der Waals surface area contributed by atoms with Gasteiger partial charge in [-0.2, -0.15) is 0 Å². The number of hydrogen-bond acceptors (Lipinski definition) is 8. The SMILES string of the molecule is Cc1cc(NC(=O)c2sc3sc4c(O)cc(=O)[nH]c4c3c2N)no1. The van der Waals surface area contributed by atoms with Crippen LogP contribution in [0.1, 0.15) is 15.4 Å². The van der Waals surface area contributed by atoms with Crippen molar-refractivity contribution in [3.63, 3.8) is 0 Å². The fraction of sp³-hybridized carbons (Fsp3) is 0.0714. The van der Waals surface area contributed by atoms with Crippen molar-refractivity contribution in [2.75, 3.05) is 11.1 Å². The molecule has 8 nitrogen and oxygen atoms in total. The summed E-state index contributed by atoms with van der Waals surface area (Å²) in [6.45, 7) is 1.72. The van der Waals surface area contributed by atoms with E-state index in [0.29, 0.717) is 32.1 Å². The average Bonchev–Trinajstić information content (AvgIpc) is 3.15. The second-order valence-corrected chi connectivity index (χ2v) is 7.41. The van der Waals surface area contributed by atoms with Gasteiger partial charge in [0.15, 0.2) is 5.82 Å². The molecular weight excluding hydrogens is 352 g/mol. The molecule has 1 amide bonds. The molecule has 0 aromatic carbocycles. The maximum Gasteiger partial charge on any atom is 0.269 e. The van der Waals surface area contributed by atoms with Crippen LogP contribution in [0, 0.1) is 6.92 Å². The zero-order chi connectivity index (χ0) is 17.0. The highest BCUT2D eigenvalue weighted by Gasteiger charge is 2.22. The zero-order valence-corrected chi connectivity index (χ0v) is 13.8. The third-order valence-electron chi connectivity index (χ3n) is 3.41. The second-order valence-electron chi connectivity index (χ2n) is 5.11. The summed E-state index contributed by atoms with van der Waals surface area (Å²) >= 11 is 2.45. The van der Waals surface area contributed by atoms with E-state index < -0.39 is 11.5 Å². The third kappa shape index (κ3) is 2.15. The lowest BCUT2D eigenvalue weighted by atomic mass is 10.2. The first-order valence-corrected chi connectivity index (χ1v) is 8.39. The van der Waals surface area contributed by atoms with Crippen LogP contribution < -0.4 is 16.6 Å². The lowest BCUT2D eigenvalue weighted by Crippen LogP contribution is -2.12. The molecule has 0 saturated carbocycles. The number of nitrogen functional groups attached to an aromatic ring is 1. The van der Waals surface area contributed by atoms with Gasteiger partial charge in [-0.05, 0) is 6.92 Å². The number of hydrogen-bond donors (Lipinski definition) is 4. The molecule has 4 aromatic heterocycles. The fourth-order valence-corrected chi connectivity index (χ4v) is 4.84. The number of carbonyl (C=O) groups excluding carboxylic acids is 1. The number of thiophene rings is 2. The Balaban J connectivity index is 1.84. The van der Waals surface area contributed by atoms with Gasteiger partial charge in [-0.1, -0.05) is 5.16 Å². The molecule has 0 aliphatic carbocycles. The molecule has 4 aromatic rings. The van der Waals surface area contributed by atoms with Crippen LogP contribution in [0.5, 0.6) is 5.75 Å². The molecule has 5 N–H and O–H groups in total. The quantitative estimate of drug-likeness (QED) is 0.433. The van der Waals surface area contributed by atoms with Crippen molar-refractivity contribution in [1.82, 2.24) is 10.1 Å². The van der Waals surface area contributed by atoms with Crippen molar-refractivity contribution in [1.29, 1.82) is 0 Å². The number of aromatic hydroxyl groups is 1. The first-order chi connectivity index (χ1) is 11.4. The lowest BCUT2D eigenvalue weighted by Gasteiger charge is -2.00. The zero-order valence-electron chi connectivity index (χ0n) is 12.2. The average molecular weight is 362 g/mol. The molecule has 24 heavy (non-hydrogen) atoms. The molecule has 0 atom stereocenters. The highest BCUT2D eigenvalue weighted by atomic mass is 32.2. The van der Waals surface area contributed by atoms with E-state index in [1.165, 1.54) is 22.7 Å². The van der Waals surface area contributed by atoms with Gasteiger partial charge in [-0.3, -0.25) is 9.59 Å². The van der Waals surface area contributed by atoms with E-state index in [1.807, 2.05) is 0 Å². The summed E-state index contributed by atoms with van der Waals surface area (Å²) in [7, 11) is 0. The Hall–Kier alpha value is -2.85. The van der Waals surface area contributed by atoms with E-state index in [2.05, 4.69) is 15.5 Å². The number of aryl methyl sites for hydroxylation is 1. The molecular formula is C14H10N4O4S2. The van der Waals surface area contributed by atoms with Gasteiger partial charge in [0.25, 0.3) is 11.5 Å². The number of nitrogens with two attached hydrogens (primary N) is 1. The summed E-state index contributed by atoms with van der Waals surface area (Å²) in [6.07, 6.45) is 0. The molecule has 0 spiro atoms. The summed E-state index contributed by atoms with van der Waals surface area (Å²) < 4.78 is 6.17. The lowest BCUT2D eigenvalue weighted by molar-refractivity contribution is 0.103. The standard InChI is InChI=1S/C14H10N4O4S2/c1-4-2-6(18-22-4)16-13(21)12-9(15)8-10-11(23-14(8)24-12)5(19)3-7(20)17-10/h2-3H,15H2,1H3,(H,16,18,21)(H2,17,19,20). The number of H-pyrrole nitrogens is 1. The molecule has 4 rings (SSSR count). The van der Waals surface area contributed by atoms with E-state index in [0.717, 1.165) is 10.1 Å². The summed E-state index contributed by atoms with van der Waals surface area (Å²) in [6, 6.07) is 2.70. The Morgan fingerprint density at radius 3 is 2.92 bits per heavy atom. The molecule has 0 aliphatic heterocycles. The predicted molar refractivity (Wildman–Crippen MR) is 93.1 cm³/mol. The van der Waals surface area contributed by atoms with Crippen LogP contribution in [0.15, 0.2) is 21.5 Å². The van der Waals surface area contributed by atoms with Gasteiger partial charge in [-0.25, -0.2) is 0 Å². The molecule has 0 fully saturated rings. The smallest absolute Gasteiger partial charge is 0.269 e. The van der Waals surface area contributed by atoms with Crippen molar-refractivity contribution >= 4 is 59.7 Å². The second kappa shape index (κ2) is 5.08. The van der Waals surface area contributed by atoms with Crippen LogP contribution in [0.4, 0.5) is 11.5 Å². The highest BCUT2D eigenvalue weighted by Crippen LogP contribution is 2.45. The Bertz CT molecular complexity index is 1170. The van der Waals surface area contributed by atoms with Crippen LogP contribution in [-0.4, -0.2) is 21.2 Å². The number of nitrogens with one attached hydrogen (secondary N) is 2. The molecule has 0 aliphatic rings. The van der Waals surface area contributed by atoms with Crippen molar-refractivity contribution in [2.24, 2.45) is 0 Å². The molecule has 0 saturated heterocycles. The topological polar surface area (TPSA) is 134 Å². The van der Waals surface area contributed by atoms with E-state index in [-0.39, 0.29) is 11.4 Å². The maximum absolute atomic E-state index is 12.4. The number of aromatic nitrogens is 2. The molecule has 4 heterocycles. The summed E-state index contributed by atoms with van der Waals surface area (Å²) in [5.41, 5.74) is 6.37. The van der Waals surface area contributed by atoms with E-state index in [1.54, 1.807) is 13.0 Å². The maximum atomic E-state index is 12.4. The minimum absolute atomic E-state index is 0.106. The highest BCUT2D eigenvalue weighted by molar-refractivity contribution is 7.42. The van der Waals surface area contributed by atoms with Gasteiger partial charge in [0.2, 0.25) is 0 Å². The van der Waals surface area contributed by atoms with Gasteiger partial charge in [0, 0.05) is 12.1 Å². The third-order valence-corrected chi connectivity index (χ3v) is 5.91. The number of rotatable bonds is 2. The van der Waals surface area contributed by atoms with Crippen LogP contribution in [0.3, 0.4) is 0 Å².